The highest BCUT2D eigenvalue weighted by atomic mass is 35.5. The Hall–Kier alpha value is -0.770. The Balaban J connectivity index is 1.88. The maximum atomic E-state index is 11.9. The number of nitrogens with one attached hydrogen (secondary N) is 1. The maximum Gasteiger partial charge on any atom is 0.223 e. The van der Waals surface area contributed by atoms with Crippen LogP contribution in [0.1, 0.15) is 31.2 Å². The average Bonchev–Trinajstić information content (AvgIpc) is 3.08. The first-order chi connectivity index (χ1) is 8.99. The van der Waals surface area contributed by atoms with E-state index in [0.717, 1.165) is 18.4 Å². The summed E-state index contributed by atoms with van der Waals surface area (Å²) in [4.78, 5) is 11.9. The molecule has 1 saturated carbocycles. The first-order valence-corrected chi connectivity index (χ1v) is 7.23. The van der Waals surface area contributed by atoms with E-state index in [1.807, 2.05) is 19.1 Å². The summed E-state index contributed by atoms with van der Waals surface area (Å²) in [6, 6.07) is 5.56. The smallest absolute Gasteiger partial charge is 0.223 e. The lowest BCUT2D eigenvalue weighted by Gasteiger charge is -2.07. The average molecular weight is 301 g/mol. The van der Waals surface area contributed by atoms with Gasteiger partial charge in [-0.25, -0.2) is 0 Å². The molecule has 0 radical (unpaired) electrons. The van der Waals surface area contributed by atoms with Gasteiger partial charge in [-0.2, -0.15) is 0 Å². The Bertz CT molecular complexity index is 477. The molecule has 1 aromatic rings. The molecule has 0 bridgehead atoms. The highest BCUT2D eigenvalue weighted by molar-refractivity contribution is 6.35. The molecule has 0 aliphatic heterocycles. The van der Waals surface area contributed by atoms with Crippen LogP contribution in [0.15, 0.2) is 18.2 Å². The van der Waals surface area contributed by atoms with Crippen molar-refractivity contribution in [1.82, 2.24) is 5.32 Å². The molecule has 0 spiro atoms. The third-order valence-corrected chi connectivity index (χ3v) is 3.95. The third-order valence-electron chi connectivity index (χ3n) is 3.39. The van der Waals surface area contributed by atoms with Crippen molar-refractivity contribution in [3.63, 3.8) is 0 Å². The van der Waals surface area contributed by atoms with Crippen LogP contribution < -0.4 is 11.1 Å². The minimum Gasteiger partial charge on any atom is -0.356 e. The molecule has 1 aromatic carbocycles. The Morgan fingerprint density at radius 1 is 1.53 bits per heavy atom. The summed E-state index contributed by atoms with van der Waals surface area (Å²) in [7, 11) is 0. The molecule has 3 nitrogen and oxygen atoms in total. The fraction of sp³-hybridized carbons (Fsp3) is 0.500. The van der Waals surface area contributed by atoms with Gasteiger partial charge in [-0.15, -0.1) is 0 Å². The van der Waals surface area contributed by atoms with E-state index in [1.165, 1.54) is 0 Å². The monoisotopic (exact) mass is 300 g/mol. The SMILES string of the molecule is CC(N)CCNC(=O)C1CC1c1ccc(Cl)cc1Cl. The van der Waals surface area contributed by atoms with Crippen LogP contribution in [0.3, 0.4) is 0 Å². The molecule has 1 aliphatic rings. The summed E-state index contributed by atoms with van der Waals surface area (Å²) in [5, 5.41) is 4.18. The number of halogens is 2. The van der Waals surface area contributed by atoms with Crippen molar-refractivity contribution in [2.45, 2.75) is 31.7 Å². The van der Waals surface area contributed by atoms with Crippen LogP contribution in [0.25, 0.3) is 0 Å². The number of carbonyl (C=O) groups excluding carboxylic acids is 1. The van der Waals surface area contributed by atoms with Crippen LogP contribution in [0.4, 0.5) is 0 Å². The molecular formula is C14H18Cl2N2O. The minimum absolute atomic E-state index is 0.0340. The van der Waals surface area contributed by atoms with Crippen LogP contribution in [-0.2, 0) is 4.79 Å². The zero-order valence-electron chi connectivity index (χ0n) is 10.8. The van der Waals surface area contributed by atoms with Crippen LogP contribution >= 0.6 is 23.2 Å². The molecule has 5 heteroatoms. The fourth-order valence-electron chi connectivity index (χ4n) is 2.18. The van der Waals surface area contributed by atoms with Gasteiger partial charge in [0, 0.05) is 28.5 Å². The van der Waals surface area contributed by atoms with Crippen molar-refractivity contribution in [1.29, 1.82) is 0 Å². The molecule has 104 valence electrons. The van der Waals surface area contributed by atoms with Gasteiger partial charge in [-0.05, 0) is 43.4 Å². The zero-order valence-corrected chi connectivity index (χ0v) is 12.3. The second kappa shape index (κ2) is 6.12. The molecule has 1 amide bonds. The van der Waals surface area contributed by atoms with Crippen molar-refractivity contribution < 1.29 is 4.79 Å². The van der Waals surface area contributed by atoms with E-state index in [2.05, 4.69) is 5.32 Å². The van der Waals surface area contributed by atoms with Gasteiger partial charge >= 0.3 is 0 Å². The third kappa shape index (κ3) is 3.85. The topological polar surface area (TPSA) is 55.1 Å². The van der Waals surface area contributed by atoms with E-state index < -0.39 is 0 Å². The standard InChI is InChI=1S/C14H18Cl2N2O/c1-8(17)4-5-18-14(19)12-7-11(12)10-3-2-9(15)6-13(10)16/h2-3,6,8,11-12H,4-5,7,17H2,1H3,(H,18,19). The second-order valence-electron chi connectivity index (χ2n) is 5.17. The predicted molar refractivity (Wildman–Crippen MR) is 78.6 cm³/mol. The first kappa shape index (κ1) is 14.6. The summed E-state index contributed by atoms with van der Waals surface area (Å²) >= 11 is 12.0. The van der Waals surface area contributed by atoms with Crippen molar-refractivity contribution >= 4 is 29.1 Å². The number of benzene rings is 1. The molecule has 3 unspecified atom stereocenters. The van der Waals surface area contributed by atoms with E-state index in [4.69, 9.17) is 28.9 Å². The minimum atomic E-state index is 0.0340. The van der Waals surface area contributed by atoms with E-state index >= 15 is 0 Å². The largest absolute Gasteiger partial charge is 0.356 e. The van der Waals surface area contributed by atoms with E-state index in [1.54, 1.807) is 6.07 Å². The van der Waals surface area contributed by atoms with Crippen molar-refractivity contribution in [3.05, 3.63) is 33.8 Å². The first-order valence-electron chi connectivity index (χ1n) is 6.47. The van der Waals surface area contributed by atoms with Gasteiger partial charge in [0.2, 0.25) is 5.91 Å². The quantitative estimate of drug-likeness (QED) is 0.878. The molecule has 3 atom stereocenters. The Kier molecular flexibility index (Phi) is 4.71. The lowest BCUT2D eigenvalue weighted by Crippen LogP contribution is -2.30. The van der Waals surface area contributed by atoms with Gasteiger partial charge < -0.3 is 11.1 Å². The fourth-order valence-corrected chi connectivity index (χ4v) is 2.73. The van der Waals surface area contributed by atoms with Gasteiger partial charge in [0.15, 0.2) is 0 Å². The van der Waals surface area contributed by atoms with Crippen molar-refractivity contribution in [2.75, 3.05) is 6.54 Å². The number of carbonyl (C=O) groups is 1. The molecular weight excluding hydrogens is 283 g/mol. The lowest BCUT2D eigenvalue weighted by atomic mass is 10.1. The summed E-state index contributed by atoms with van der Waals surface area (Å²) in [5.41, 5.74) is 6.65. The van der Waals surface area contributed by atoms with Gasteiger partial charge in [0.25, 0.3) is 0 Å². The Labute approximate surface area is 123 Å². The number of rotatable bonds is 5. The van der Waals surface area contributed by atoms with Crippen LogP contribution in [0.5, 0.6) is 0 Å². The molecule has 1 aliphatic carbocycles. The van der Waals surface area contributed by atoms with Crippen LogP contribution in [-0.4, -0.2) is 18.5 Å². The molecule has 0 heterocycles. The van der Waals surface area contributed by atoms with Crippen molar-refractivity contribution in [3.8, 4) is 0 Å². The summed E-state index contributed by atoms with van der Waals surface area (Å²) in [6.45, 7) is 2.56. The van der Waals surface area contributed by atoms with Gasteiger partial charge in [-0.3, -0.25) is 4.79 Å². The number of hydrogen-bond acceptors (Lipinski definition) is 2. The number of amides is 1. The van der Waals surface area contributed by atoms with Crippen molar-refractivity contribution in [2.24, 2.45) is 11.7 Å². The van der Waals surface area contributed by atoms with E-state index in [0.29, 0.717) is 16.6 Å². The summed E-state index contributed by atoms with van der Waals surface area (Å²) in [5.74, 6) is 0.350. The van der Waals surface area contributed by atoms with Crippen LogP contribution in [0, 0.1) is 5.92 Å². The Morgan fingerprint density at radius 2 is 2.26 bits per heavy atom. The molecule has 0 aromatic heterocycles. The summed E-state index contributed by atoms with van der Waals surface area (Å²) < 4.78 is 0. The second-order valence-corrected chi connectivity index (χ2v) is 6.02. The van der Waals surface area contributed by atoms with Crippen LogP contribution in [0.2, 0.25) is 10.0 Å². The molecule has 19 heavy (non-hydrogen) atoms. The van der Waals surface area contributed by atoms with E-state index in [9.17, 15) is 4.79 Å². The molecule has 1 fully saturated rings. The van der Waals surface area contributed by atoms with Gasteiger partial charge in [0.05, 0.1) is 0 Å². The molecule has 3 N–H and O–H groups in total. The lowest BCUT2D eigenvalue weighted by molar-refractivity contribution is -0.122. The van der Waals surface area contributed by atoms with Gasteiger partial charge in [-0.1, -0.05) is 29.3 Å². The predicted octanol–water partition coefficient (Wildman–Crippen LogP) is 2.95. The number of nitrogens with two attached hydrogens (primary N) is 1. The Morgan fingerprint density at radius 3 is 2.89 bits per heavy atom. The van der Waals surface area contributed by atoms with Gasteiger partial charge in [0.1, 0.15) is 0 Å². The normalized spacial score (nSPS) is 22.9. The highest BCUT2D eigenvalue weighted by Crippen LogP contribution is 2.49. The van der Waals surface area contributed by atoms with E-state index in [-0.39, 0.29) is 23.8 Å². The maximum absolute atomic E-state index is 11.9. The highest BCUT2D eigenvalue weighted by Gasteiger charge is 2.44. The number of hydrogen-bond donors (Lipinski definition) is 2. The summed E-state index contributed by atoms with van der Waals surface area (Å²) in [6.07, 6.45) is 1.65. The molecule has 0 saturated heterocycles. The zero-order chi connectivity index (χ0) is 14.0. The molecule has 2 rings (SSSR count).